The monoisotopic (exact) mass is 294 g/mol. The van der Waals surface area contributed by atoms with Crippen LogP contribution in [0.2, 0.25) is 0 Å². The fourth-order valence-corrected chi connectivity index (χ4v) is 2.63. The summed E-state index contributed by atoms with van der Waals surface area (Å²) in [5.74, 6) is -1.12. The maximum Gasteiger partial charge on any atom is 0.258 e. The molecular weight excluding hydrogens is 275 g/mol. The molecule has 1 aliphatic carbocycles. The van der Waals surface area contributed by atoms with Gasteiger partial charge in [-0.05, 0) is 25.0 Å². The molecule has 2 N–H and O–H groups in total. The van der Waals surface area contributed by atoms with Crippen LogP contribution < -0.4 is 15.4 Å². The highest BCUT2D eigenvalue weighted by atomic mass is 19.1. The quantitative estimate of drug-likeness (QED) is 0.862. The highest BCUT2D eigenvalue weighted by Crippen LogP contribution is 2.29. The Morgan fingerprint density at radius 3 is 2.57 bits per heavy atom. The molecule has 21 heavy (non-hydrogen) atoms. The van der Waals surface area contributed by atoms with Gasteiger partial charge in [-0.25, -0.2) is 4.39 Å². The lowest BCUT2D eigenvalue weighted by molar-refractivity contribution is -0.134. The minimum Gasteiger partial charge on any atom is -0.481 e. The molecule has 0 heterocycles. The molecule has 6 heteroatoms. The Bertz CT molecular complexity index is 527. The van der Waals surface area contributed by atoms with Crippen LogP contribution in [0.3, 0.4) is 0 Å². The van der Waals surface area contributed by atoms with Gasteiger partial charge < -0.3 is 15.4 Å². The van der Waals surface area contributed by atoms with Crippen molar-refractivity contribution in [2.24, 2.45) is 0 Å². The van der Waals surface area contributed by atoms with E-state index >= 15 is 0 Å². The van der Waals surface area contributed by atoms with Gasteiger partial charge in [-0.3, -0.25) is 9.59 Å². The smallest absolute Gasteiger partial charge is 0.258 e. The summed E-state index contributed by atoms with van der Waals surface area (Å²) in [4.78, 5) is 23.9. The summed E-state index contributed by atoms with van der Waals surface area (Å²) in [6.45, 7) is -0.320. The zero-order valence-corrected chi connectivity index (χ0v) is 11.9. The molecule has 1 aromatic carbocycles. The molecule has 0 atom stereocenters. The molecule has 1 aliphatic rings. The number of likely N-dealkylation sites (N-methyl/N-ethyl adjacent to an activating group) is 1. The van der Waals surface area contributed by atoms with Crippen LogP contribution in [-0.2, 0) is 9.59 Å². The van der Waals surface area contributed by atoms with Gasteiger partial charge in [-0.15, -0.1) is 0 Å². The van der Waals surface area contributed by atoms with Gasteiger partial charge in [-0.2, -0.15) is 0 Å². The van der Waals surface area contributed by atoms with Gasteiger partial charge >= 0.3 is 0 Å². The van der Waals surface area contributed by atoms with Crippen molar-refractivity contribution < 1.29 is 18.7 Å². The molecule has 1 fully saturated rings. The number of para-hydroxylation sites is 1. The molecule has 2 amide bonds. The Kier molecular flexibility index (Phi) is 4.77. The van der Waals surface area contributed by atoms with Gasteiger partial charge in [0.2, 0.25) is 5.91 Å². The molecule has 0 radical (unpaired) electrons. The maximum absolute atomic E-state index is 13.4. The van der Waals surface area contributed by atoms with E-state index in [1.807, 2.05) is 0 Å². The number of carbonyl (C=O) groups is 2. The highest BCUT2D eigenvalue weighted by Gasteiger charge is 2.41. The zero-order valence-electron chi connectivity index (χ0n) is 11.9. The fourth-order valence-electron chi connectivity index (χ4n) is 2.63. The summed E-state index contributed by atoms with van der Waals surface area (Å²) in [6.07, 6.45) is 3.00. The summed E-state index contributed by atoms with van der Waals surface area (Å²) >= 11 is 0. The Balaban J connectivity index is 1.94. The lowest BCUT2D eigenvalue weighted by Crippen LogP contribution is -2.57. The lowest BCUT2D eigenvalue weighted by atomic mass is 9.96. The van der Waals surface area contributed by atoms with Gasteiger partial charge in [0.15, 0.2) is 18.2 Å². The van der Waals surface area contributed by atoms with Gasteiger partial charge in [0.1, 0.15) is 5.54 Å². The van der Waals surface area contributed by atoms with Crippen LogP contribution in [0.25, 0.3) is 0 Å². The molecule has 0 saturated heterocycles. The number of ether oxygens (including phenoxy) is 1. The topological polar surface area (TPSA) is 67.4 Å². The van der Waals surface area contributed by atoms with Gasteiger partial charge in [0.25, 0.3) is 5.91 Å². The Morgan fingerprint density at radius 2 is 1.95 bits per heavy atom. The van der Waals surface area contributed by atoms with Gasteiger partial charge in [-0.1, -0.05) is 25.0 Å². The molecule has 0 aromatic heterocycles. The molecule has 2 rings (SSSR count). The third kappa shape index (κ3) is 3.51. The van der Waals surface area contributed by atoms with Crippen LogP contribution in [0.4, 0.5) is 4.39 Å². The molecule has 0 unspecified atom stereocenters. The van der Waals surface area contributed by atoms with Gasteiger partial charge in [0, 0.05) is 7.05 Å². The minimum absolute atomic E-state index is 0.0214. The Morgan fingerprint density at radius 1 is 1.29 bits per heavy atom. The first-order chi connectivity index (χ1) is 10.1. The fraction of sp³-hybridized carbons (Fsp3) is 0.467. The second kappa shape index (κ2) is 6.56. The van der Waals surface area contributed by atoms with Crippen LogP contribution in [-0.4, -0.2) is 31.0 Å². The zero-order chi connectivity index (χ0) is 15.3. The van der Waals surface area contributed by atoms with E-state index in [4.69, 9.17) is 4.74 Å². The van der Waals surface area contributed by atoms with E-state index in [1.54, 1.807) is 19.2 Å². The predicted octanol–water partition coefficient (Wildman–Crippen LogP) is 1.38. The number of rotatable bonds is 5. The van der Waals surface area contributed by atoms with Crippen LogP contribution in [0.15, 0.2) is 24.3 Å². The molecule has 5 nitrogen and oxygen atoms in total. The SMILES string of the molecule is CNC(=O)C1(NC(=O)COc2ccccc2F)CCCC1. The number of nitrogens with one attached hydrogen (secondary N) is 2. The third-order valence-corrected chi connectivity index (χ3v) is 3.69. The highest BCUT2D eigenvalue weighted by molar-refractivity contribution is 5.92. The van der Waals surface area contributed by atoms with Crippen LogP contribution >= 0.6 is 0 Å². The first kappa shape index (κ1) is 15.3. The third-order valence-electron chi connectivity index (χ3n) is 3.69. The standard InChI is InChI=1S/C15H19FN2O3/c1-17-14(20)15(8-4-5-9-15)18-13(19)10-21-12-7-3-2-6-11(12)16/h2-3,6-7H,4-5,8-10H2,1H3,(H,17,20)(H,18,19). The average Bonchev–Trinajstić information content (AvgIpc) is 2.95. The van der Waals surface area contributed by atoms with E-state index in [2.05, 4.69) is 10.6 Å². The first-order valence-electron chi connectivity index (χ1n) is 6.98. The van der Waals surface area contributed by atoms with Crippen molar-refractivity contribution in [2.45, 2.75) is 31.2 Å². The normalized spacial score (nSPS) is 16.3. The van der Waals surface area contributed by atoms with Crippen molar-refractivity contribution in [3.8, 4) is 5.75 Å². The van der Waals surface area contributed by atoms with E-state index in [-0.39, 0.29) is 18.3 Å². The van der Waals surface area contributed by atoms with Crippen molar-refractivity contribution in [3.63, 3.8) is 0 Å². The van der Waals surface area contributed by atoms with Crippen molar-refractivity contribution in [1.29, 1.82) is 0 Å². The van der Waals surface area contributed by atoms with Crippen molar-refractivity contribution >= 4 is 11.8 Å². The van der Waals surface area contributed by atoms with Crippen LogP contribution in [0.1, 0.15) is 25.7 Å². The molecule has 1 saturated carbocycles. The summed E-state index contributed by atoms with van der Waals surface area (Å²) in [5, 5.41) is 5.32. The summed E-state index contributed by atoms with van der Waals surface area (Å²) in [7, 11) is 1.55. The molecule has 114 valence electrons. The van der Waals surface area contributed by atoms with Gasteiger partial charge in [0.05, 0.1) is 0 Å². The number of benzene rings is 1. The van der Waals surface area contributed by atoms with Crippen molar-refractivity contribution in [2.75, 3.05) is 13.7 Å². The number of amides is 2. The first-order valence-corrected chi connectivity index (χ1v) is 6.98. The summed E-state index contributed by atoms with van der Waals surface area (Å²) in [6, 6.07) is 5.88. The second-order valence-corrected chi connectivity index (χ2v) is 5.14. The molecule has 0 spiro atoms. The van der Waals surface area contributed by atoms with Crippen molar-refractivity contribution in [3.05, 3.63) is 30.1 Å². The Hall–Kier alpha value is -2.11. The second-order valence-electron chi connectivity index (χ2n) is 5.14. The van der Waals surface area contributed by atoms with Crippen LogP contribution in [0.5, 0.6) is 5.75 Å². The van der Waals surface area contributed by atoms with E-state index in [0.29, 0.717) is 12.8 Å². The Labute approximate surface area is 122 Å². The van der Waals surface area contributed by atoms with E-state index < -0.39 is 17.3 Å². The van der Waals surface area contributed by atoms with E-state index in [0.717, 1.165) is 12.8 Å². The summed E-state index contributed by atoms with van der Waals surface area (Å²) < 4.78 is 18.5. The van der Waals surface area contributed by atoms with Crippen molar-refractivity contribution in [1.82, 2.24) is 10.6 Å². The average molecular weight is 294 g/mol. The van der Waals surface area contributed by atoms with E-state index in [1.165, 1.54) is 12.1 Å². The summed E-state index contributed by atoms with van der Waals surface area (Å²) in [5.41, 5.74) is -0.857. The largest absolute Gasteiger partial charge is 0.481 e. The minimum atomic E-state index is -0.857. The lowest BCUT2D eigenvalue weighted by Gasteiger charge is -2.28. The number of hydrogen-bond acceptors (Lipinski definition) is 3. The molecular formula is C15H19FN2O3. The maximum atomic E-state index is 13.4. The number of halogens is 1. The molecule has 0 bridgehead atoms. The van der Waals surface area contributed by atoms with Crippen LogP contribution in [0, 0.1) is 5.82 Å². The number of hydrogen-bond donors (Lipinski definition) is 2. The molecule has 0 aliphatic heterocycles. The van der Waals surface area contributed by atoms with E-state index in [9.17, 15) is 14.0 Å². The number of carbonyl (C=O) groups excluding carboxylic acids is 2. The molecule has 1 aromatic rings. The predicted molar refractivity (Wildman–Crippen MR) is 75.3 cm³/mol.